The van der Waals surface area contributed by atoms with Crippen LogP contribution in [-0.2, 0) is 21.8 Å². The average Bonchev–Trinajstić information content (AvgIpc) is 2.95. The van der Waals surface area contributed by atoms with Gasteiger partial charge in [-0.05, 0) is 31.5 Å². The fourth-order valence-electron chi connectivity index (χ4n) is 2.73. The zero-order chi connectivity index (χ0) is 15.9. The van der Waals surface area contributed by atoms with E-state index in [2.05, 4.69) is 5.10 Å². The van der Waals surface area contributed by atoms with Crippen molar-refractivity contribution in [3.8, 4) is 0 Å². The summed E-state index contributed by atoms with van der Waals surface area (Å²) in [7, 11) is 0. The zero-order valence-electron chi connectivity index (χ0n) is 12.8. The van der Waals surface area contributed by atoms with Crippen LogP contribution >= 0.6 is 11.6 Å². The number of carbonyl (C=O) groups is 1. The Morgan fingerprint density at radius 2 is 2.14 bits per heavy atom. The number of carbonyl (C=O) groups excluding carboxylic acids is 1. The summed E-state index contributed by atoms with van der Waals surface area (Å²) in [4.78, 5) is 13.9. The highest BCUT2D eigenvalue weighted by molar-refractivity contribution is 6.33. The third-order valence-electron chi connectivity index (χ3n) is 3.89. The van der Waals surface area contributed by atoms with Crippen LogP contribution in [0.4, 0.5) is 5.69 Å². The van der Waals surface area contributed by atoms with E-state index in [-0.39, 0.29) is 12.0 Å². The molecule has 1 saturated heterocycles. The number of ether oxygens (including phenoxy) is 1. The van der Waals surface area contributed by atoms with Crippen LogP contribution in [0.5, 0.6) is 0 Å². The molecule has 1 amide bonds. The zero-order valence-corrected chi connectivity index (χ0v) is 13.5. The fraction of sp³-hybridized carbons (Fsp3) is 0.375. The first kappa shape index (κ1) is 15.1. The Balaban J connectivity index is 2.10. The lowest BCUT2D eigenvalue weighted by Crippen LogP contribution is -2.46. The number of anilines is 1. The van der Waals surface area contributed by atoms with E-state index < -0.39 is 5.85 Å². The molecule has 0 N–H and O–H groups in total. The van der Waals surface area contributed by atoms with Gasteiger partial charge in [0, 0.05) is 13.1 Å². The highest BCUT2D eigenvalue weighted by Crippen LogP contribution is 2.47. The molecule has 0 aliphatic carbocycles. The number of aromatic nitrogens is 2. The molecule has 1 aliphatic rings. The Bertz CT molecular complexity index is 715. The monoisotopic (exact) mass is 319 g/mol. The predicted octanol–water partition coefficient (Wildman–Crippen LogP) is 3.18. The predicted molar refractivity (Wildman–Crippen MR) is 84.7 cm³/mol. The summed E-state index contributed by atoms with van der Waals surface area (Å²) >= 11 is 6.29. The topological polar surface area (TPSA) is 50.7 Å². The van der Waals surface area contributed by atoms with Crippen molar-refractivity contribution >= 4 is 23.2 Å². The summed E-state index contributed by atoms with van der Waals surface area (Å²) < 4.78 is 7.54. The van der Waals surface area contributed by atoms with E-state index in [0.717, 1.165) is 12.1 Å². The molecule has 116 valence electrons. The van der Waals surface area contributed by atoms with Gasteiger partial charge >= 0.3 is 0 Å². The molecule has 5 nitrogen and oxygen atoms in total. The Morgan fingerprint density at radius 3 is 2.64 bits per heavy atom. The molecule has 3 rings (SSSR count). The van der Waals surface area contributed by atoms with Gasteiger partial charge in [-0.25, -0.2) is 4.68 Å². The normalized spacial score (nSPS) is 23.4. The molecule has 1 aromatic heterocycles. The van der Waals surface area contributed by atoms with Crippen molar-refractivity contribution in [2.45, 2.75) is 39.1 Å². The van der Waals surface area contributed by atoms with Crippen molar-refractivity contribution in [1.29, 1.82) is 0 Å². The Morgan fingerprint density at radius 1 is 1.45 bits per heavy atom. The van der Waals surface area contributed by atoms with Gasteiger partial charge in [-0.15, -0.1) is 0 Å². The van der Waals surface area contributed by atoms with E-state index in [1.807, 2.05) is 44.3 Å². The molecule has 2 atom stereocenters. The first-order valence-electron chi connectivity index (χ1n) is 7.29. The van der Waals surface area contributed by atoms with E-state index in [9.17, 15) is 4.79 Å². The summed E-state index contributed by atoms with van der Waals surface area (Å²) in [6, 6.07) is 9.18. The second kappa shape index (κ2) is 5.41. The molecule has 2 aromatic rings. The van der Waals surface area contributed by atoms with Crippen molar-refractivity contribution in [1.82, 2.24) is 9.78 Å². The van der Waals surface area contributed by atoms with Gasteiger partial charge in [-0.1, -0.05) is 30.7 Å². The number of benzene rings is 1. The van der Waals surface area contributed by atoms with Crippen molar-refractivity contribution in [3.05, 3.63) is 47.2 Å². The van der Waals surface area contributed by atoms with Gasteiger partial charge in [-0.3, -0.25) is 9.69 Å². The van der Waals surface area contributed by atoms with Crippen LogP contribution < -0.4 is 4.90 Å². The second-order valence-electron chi connectivity index (χ2n) is 5.33. The maximum Gasteiger partial charge on any atom is 0.274 e. The van der Waals surface area contributed by atoms with Crippen LogP contribution in [0.25, 0.3) is 0 Å². The number of hydrogen-bond donors (Lipinski definition) is 0. The van der Waals surface area contributed by atoms with Gasteiger partial charge in [0.05, 0.1) is 16.4 Å². The molecule has 0 radical (unpaired) electrons. The third-order valence-corrected chi connectivity index (χ3v) is 4.21. The van der Waals surface area contributed by atoms with Gasteiger partial charge in [-0.2, -0.15) is 5.10 Å². The van der Waals surface area contributed by atoms with E-state index in [1.165, 1.54) is 6.92 Å². The fourth-order valence-corrected chi connectivity index (χ4v) is 2.95. The largest absolute Gasteiger partial charge is 0.324 e. The molecular weight excluding hydrogens is 302 g/mol. The highest BCUT2D eigenvalue weighted by atomic mass is 35.5. The number of amides is 1. The third kappa shape index (κ3) is 2.21. The van der Waals surface area contributed by atoms with Crippen molar-refractivity contribution in [2.24, 2.45) is 0 Å². The average molecular weight is 320 g/mol. The summed E-state index contributed by atoms with van der Waals surface area (Å²) in [6.45, 7) is 5.46. The maximum atomic E-state index is 12.3. The van der Waals surface area contributed by atoms with Crippen LogP contribution in [0.15, 0.2) is 36.5 Å². The van der Waals surface area contributed by atoms with Crippen LogP contribution in [0.2, 0.25) is 5.02 Å². The molecule has 1 aliphatic heterocycles. The molecule has 0 saturated carbocycles. The second-order valence-corrected chi connectivity index (χ2v) is 5.74. The minimum Gasteiger partial charge on any atom is -0.324 e. The molecule has 6 heteroatoms. The van der Waals surface area contributed by atoms with Crippen LogP contribution in [0.3, 0.4) is 0 Å². The molecule has 22 heavy (non-hydrogen) atoms. The van der Waals surface area contributed by atoms with Crippen molar-refractivity contribution in [2.75, 3.05) is 4.90 Å². The molecule has 1 fully saturated rings. The first-order valence-corrected chi connectivity index (χ1v) is 7.66. The molecule has 2 unspecified atom stereocenters. The number of halogens is 1. The highest BCUT2D eigenvalue weighted by Gasteiger charge is 2.63. The maximum absolute atomic E-state index is 12.3. The standard InChI is InChI=1S/C16H18ClN3O2/c1-4-13-9-10-19(18-13)16(11(2)22-16)20(12(3)21)15-8-6-5-7-14(15)17/h5-11H,4H2,1-3H3. The summed E-state index contributed by atoms with van der Waals surface area (Å²) in [5, 5.41) is 5.03. The van der Waals surface area contributed by atoms with Crippen molar-refractivity contribution in [3.63, 3.8) is 0 Å². The van der Waals surface area contributed by atoms with Gasteiger partial charge in [0.1, 0.15) is 6.10 Å². The van der Waals surface area contributed by atoms with Crippen LogP contribution in [-0.4, -0.2) is 21.8 Å². The summed E-state index contributed by atoms with van der Waals surface area (Å²) in [5.41, 5.74) is 1.57. The number of nitrogens with zero attached hydrogens (tertiary/aromatic N) is 3. The molecule has 0 bridgehead atoms. The SMILES string of the molecule is CCc1ccn(C2(N(C(C)=O)c3ccccc3Cl)OC2C)n1. The molecule has 2 heterocycles. The Kier molecular flexibility index (Phi) is 3.70. The van der Waals surface area contributed by atoms with Crippen LogP contribution in [0.1, 0.15) is 26.5 Å². The number of hydrogen-bond acceptors (Lipinski definition) is 3. The molecule has 1 aromatic carbocycles. The first-order chi connectivity index (χ1) is 10.5. The van der Waals surface area contributed by atoms with E-state index in [1.54, 1.807) is 15.6 Å². The Labute approximate surface area is 134 Å². The van der Waals surface area contributed by atoms with Crippen LogP contribution in [0, 0.1) is 0 Å². The lowest BCUT2D eigenvalue weighted by Gasteiger charge is -2.29. The van der Waals surface area contributed by atoms with Gasteiger partial charge < -0.3 is 4.74 Å². The number of rotatable bonds is 4. The van der Waals surface area contributed by atoms with E-state index in [0.29, 0.717) is 10.7 Å². The smallest absolute Gasteiger partial charge is 0.274 e. The summed E-state index contributed by atoms with van der Waals surface area (Å²) in [6.07, 6.45) is 2.50. The number of aryl methyl sites for hydroxylation is 1. The quantitative estimate of drug-likeness (QED) is 0.813. The van der Waals surface area contributed by atoms with E-state index in [4.69, 9.17) is 16.3 Å². The number of para-hydroxylation sites is 1. The van der Waals surface area contributed by atoms with E-state index >= 15 is 0 Å². The Hall–Kier alpha value is -1.85. The van der Waals surface area contributed by atoms with Gasteiger partial charge in [0.25, 0.3) is 5.85 Å². The van der Waals surface area contributed by atoms with Gasteiger partial charge in [0.2, 0.25) is 5.91 Å². The molecular formula is C16H18ClN3O2. The van der Waals surface area contributed by atoms with Gasteiger partial charge in [0.15, 0.2) is 0 Å². The lowest BCUT2D eigenvalue weighted by molar-refractivity contribution is -0.118. The van der Waals surface area contributed by atoms with Crippen molar-refractivity contribution < 1.29 is 9.53 Å². The molecule has 0 spiro atoms. The minimum absolute atomic E-state index is 0.147. The minimum atomic E-state index is -0.940. The lowest BCUT2D eigenvalue weighted by atomic mass is 10.2. The summed E-state index contributed by atoms with van der Waals surface area (Å²) in [5.74, 6) is -1.09. The number of epoxide rings is 1.